The highest BCUT2D eigenvalue weighted by molar-refractivity contribution is 7.99. The van der Waals surface area contributed by atoms with Crippen molar-refractivity contribution in [2.75, 3.05) is 17.7 Å². The number of amides is 1. The summed E-state index contributed by atoms with van der Waals surface area (Å²) in [4.78, 5) is 11.9. The lowest BCUT2D eigenvalue weighted by atomic mass is 10.2. The van der Waals surface area contributed by atoms with Crippen molar-refractivity contribution in [2.24, 2.45) is 0 Å². The fourth-order valence-corrected chi connectivity index (χ4v) is 3.04. The number of benzene rings is 2. The van der Waals surface area contributed by atoms with Crippen molar-refractivity contribution in [1.29, 1.82) is 0 Å². The molecule has 1 atom stereocenters. The number of halogens is 2. The Morgan fingerprint density at radius 2 is 1.86 bits per heavy atom. The van der Waals surface area contributed by atoms with Crippen LogP contribution in [0, 0.1) is 11.6 Å². The van der Waals surface area contributed by atoms with Gasteiger partial charge in [0, 0.05) is 0 Å². The monoisotopic (exact) mass is 405 g/mol. The smallest absolute Gasteiger partial charge is 0.277 e. The predicted molar refractivity (Wildman–Crippen MR) is 95.3 cm³/mol. The zero-order valence-electron chi connectivity index (χ0n) is 14.2. The summed E-state index contributed by atoms with van der Waals surface area (Å²) in [5.41, 5.74) is -0.495. The quantitative estimate of drug-likeness (QED) is 0.649. The summed E-state index contributed by atoms with van der Waals surface area (Å²) in [7, 11) is 0. The average molecular weight is 405 g/mol. The van der Waals surface area contributed by atoms with Crippen molar-refractivity contribution in [3.05, 3.63) is 60.0 Å². The van der Waals surface area contributed by atoms with Gasteiger partial charge in [0.15, 0.2) is 11.5 Å². The molecule has 2 heterocycles. The number of nitrogens with zero attached hydrogens (tertiary/aromatic N) is 2. The molecule has 1 N–H and O–H groups in total. The maximum Gasteiger partial charge on any atom is 0.277 e. The molecule has 144 valence electrons. The molecule has 0 radical (unpaired) electrons. The molecule has 1 aliphatic heterocycles. The highest BCUT2D eigenvalue weighted by atomic mass is 32.2. The van der Waals surface area contributed by atoms with Gasteiger partial charge < -0.3 is 19.2 Å². The van der Waals surface area contributed by atoms with Gasteiger partial charge in [-0.05, 0) is 24.3 Å². The number of nitrogens with one attached hydrogen (secondary N) is 1. The summed E-state index contributed by atoms with van der Waals surface area (Å²) >= 11 is 0.936. The number of anilines is 1. The minimum atomic E-state index is -0.854. The Hall–Kier alpha value is -3.14. The molecule has 4 rings (SSSR count). The number of rotatable bonds is 5. The van der Waals surface area contributed by atoms with Crippen LogP contribution in [-0.4, -0.2) is 28.5 Å². The number of aromatic nitrogens is 2. The van der Waals surface area contributed by atoms with Crippen LogP contribution in [0.4, 0.5) is 14.5 Å². The molecule has 0 bridgehead atoms. The van der Waals surface area contributed by atoms with E-state index in [1.165, 1.54) is 6.07 Å². The van der Waals surface area contributed by atoms with E-state index in [1.807, 2.05) is 12.1 Å². The number of para-hydroxylation sites is 3. The van der Waals surface area contributed by atoms with Crippen LogP contribution >= 0.6 is 11.8 Å². The fourth-order valence-electron chi connectivity index (χ4n) is 2.47. The summed E-state index contributed by atoms with van der Waals surface area (Å²) < 4.78 is 44.0. The van der Waals surface area contributed by atoms with E-state index >= 15 is 0 Å². The first-order valence-electron chi connectivity index (χ1n) is 8.18. The van der Waals surface area contributed by atoms with Gasteiger partial charge in [0.05, 0.1) is 5.75 Å². The molecule has 0 aliphatic carbocycles. The van der Waals surface area contributed by atoms with Crippen molar-refractivity contribution in [3.63, 3.8) is 0 Å². The second kappa shape index (κ2) is 7.85. The molecule has 2 aromatic carbocycles. The van der Waals surface area contributed by atoms with Gasteiger partial charge >= 0.3 is 0 Å². The summed E-state index contributed by atoms with van der Waals surface area (Å²) in [5, 5.41) is 10.1. The Labute approximate surface area is 162 Å². The summed E-state index contributed by atoms with van der Waals surface area (Å²) in [5.74, 6) is -1.08. The first-order chi connectivity index (χ1) is 13.6. The zero-order valence-corrected chi connectivity index (χ0v) is 15.0. The van der Waals surface area contributed by atoms with Gasteiger partial charge in [-0.15, -0.1) is 10.2 Å². The third kappa shape index (κ3) is 3.91. The van der Waals surface area contributed by atoms with E-state index in [9.17, 15) is 13.6 Å². The lowest BCUT2D eigenvalue weighted by Gasteiger charge is -2.23. The van der Waals surface area contributed by atoms with E-state index in [0.29, 0.717) is 11.5 Å². The van der Waals surface area contributed by atoms with E-state index < -0.39 is 29.3 Å². The van der Waals surface area contributed by atoms with E-state index in [0.717, 1.165) is 23.9 Å². The van der Waals surface area contributed by atoms with Gasteiger partial charge in [-0.2, -0.15) is 0 Å². The SMILES string of the molecule is O=C(CSc1nnc([C@@H]2COc3ccccc3O2)o1)Nc1c(F)cccc1F. The van der Waals surface area contributed by atoms with Crippen molar-refractivity contribution < 1.29 is 27.5 Å². The van der Waals surface area contributed by atoms with E-state index in [4.69, 9.17) is 13.9 Å². The first-order valence-corrected chi connectivity index (χ1v) is 9.17. The molecular weight excluding hydrogens is 392 g/mol. The van der Waals surface area contributed by atoms with Gasteiger partial charge in [0.2, 0.25) is 12.0 Å². The standard InChI is InChI=1S/C18H13F2N3O4S/c19-10-4-3-5-11(20)16(10)21-15(24)9-28-18-23-22-17(27-18)14-8-25-12-6-1-2-7-13(12)26-14/h1-7,14H,8-9H2,(H,21,24)/t14-/m0/s1. The molecule has 28 heavy (non-hydrogen) atoms. The van der Waals surface area contributed by atoms with Crippen LogP contribution in [0.25, 0.3) is 0 Å². The van der Waals surface area contributed by atoms with Gasteiger partial charge in [-0.1, -0.05) is 30.0 Å². The summed E-state index contributed by atoms with van der Waals surface area (Å²) in [6.07, 6.45) is -0.571. The van der Waals surface area contributed by atoms with Crippen molar-refractivity contribution in [3.8, 4) is 11.5 Å². The third-order valence-electron chi connectivity index (χ3n) is 3.76. The first kappa shape index (κ1) is 18.2. The molecule has 3 aromatic rings. The molecule has 1 aliphatic rings. The van der Waals surface area contributed by atoms with Crippen LogP contribution in [0.2, 0.25) is 0 Å². The summed E-state index contributed by atoms with van der Waals surface area (Å²) in [6.45, 7) is 0.205. The Morgan fingerprint density at radius 3 is 2.64 bits per heavy atom. The van der Waals surface area contributed by atoms with Crippen molar-refractivity contribution >= 4 is 23.4 Å². The number of thioether (sulfide) groups is 1. The minimum absolute atomic E-state index is 0.126. The van der Waals surface area contributed by atoms with Crippen LogP contribution in [-0.2, 0) is 4.79 Å². The van der Waals surface area contributed by atoms with Crippen LogP contribution < -0.4 is 14.8 Å². The van der Waals surface area contributed by atoms with Crippen molar-refractivity contribution in [1.82, 2.24) is 10.2 Å². The number of hydrogen-bond donors (Lipinski definition) is 1. The second-order valence-corrected chi connectivity index (χ2v) is 6.63. The van der Waals surface area contributed by atoms with Crippen LogP contribution in [0.5, 0.6) is 11.5 Å². The number of fused-ring (bicyclic) bond motifs is 1. The van der Waals surface area contributed by atoms with Gasteiger partial charge in [0.1, 0.15) is 23.9 Å². The number of ether oxygens (including phenoxy) is 2. The highest BCUT2D eigenvalue weighted by Gasteiger charge is 2.27. The molecule has 1 aromatic heterocycles. The van der Waals surface area contributed by atoms with Crippen LogP contribution in [0.1, 0.15) is 12.0 Å². The molecular formula is C18H13F2N3O4S. The predicted octanol–water partition coefficient (Wildman–Crippen LogP) is 3.59. The molecule has 10 heteroatoms. The second-order valence-electron chi connectivity index (χ2n) is 5.70. The molecule has 0 saturated heterocycles. The molecule has 0 saturated carbocycles. The zero-order chi connectivity index (χ0) is 19.5. The minimum Gasteiger partial charge on any atom is -0.485 e. The van der Waals surface area contributed by atoms with Crippen molar-refractivity contribution in [2.45, 2.75) is 11.3 Å². The Balaban J connectivity index is 1.35. The Morgan fingerprint density at radius 1 is 1.11 bits per heavy atom. The molecule has 0 unspecified atom stereocenters. The lowest BCUT2D eigenvalue weighted by Crippen LogP contribution is -2.21. The van der Waals surface area contributed by atoms with Gasteiger partial charge in [-0.25, -0.2) is 8.78 Å². The van der Waals surface area contributed by atoms with E-state index in [-0.39, 0.29) is 23.5 Å². The molecule has 0 fully saturated rings. The summed E-state index contributed by atoms with van der Waals surface area (Å²) in [6, 6.07) is 10.5. The van der Waals surface area contributed by atoms with Crippen LogP contribution in [0.15, 0.2) is 52.1 Å². The Bertz CT molecular complexity index is 994. The molecule has 1 amide bonds. The fraction of sp³-hybridized carbons (Fsp3) is 0.167. The van der Waals surface area contributed by atoms with Gasteiger partial charge in [0.25, 0.3) is 11.1 Å². The molecule has 0 spiro atoms. The Kier molecular flexibility index (Phi) is 5.11. The average Bonchev–Trinajstić information content (AvgIpc) is 3.18. The maximum atomic E-state index is 13.6. The number of hydrogen-bond acceptors (Lipinski definition) is 7. The third-order valence-corrected chi connectivity index (χ3v) is 4.58. The topological polar surface area (TPSA) is 86.5 Å². The molecule has 7 nitrogen and oxygen atoms in total. The number of carbonyl (C=O) groups excluding carboxylic acids is 1. The number of carbonyl (C=O) groups is 1. The van der Waals surface area contributed by atoms with E-state index in [2.05, 4.69) is 15.5 Å². The van der Waals surface area contributed by atoms with Crippen LogP contribution in [0.3, 0.4) is 0 Å². The van der Waals surface area contributed by atoms with Gasteiger partial charge in [-0.3, -0.25) is 4.79 Å². The maximum absolute atomic E-state index is 13.6. The lowest BCUT2D eigenvalue weighted by molar-refractivity contribution is -0.113. The largest absolute Gasteiger partial charge is 0.485 e. The van der Waals surface area contributed by atoms with E-state index in [1.54, 1.807) is 12.1 Å². The normalized spacial score (nSPS) is 15.3. The highest BCUT2D eigenvalue weighted by Crippen LogP contribution is 2.35.